The van der Waals surface area contributed by atoms with Crippen molar-refractivity contribution < 1.29 is 0 Å². The summed E-state index contributed by atoms with van der Waals surface area (Å²) >= 11 is 6.83. The summed E-state index contributed by atoms with van der Waals surface area (Å²) < 4.78 is 1.89. The molecular weight excluding hydrogens is 348 g/mol. The molecule has 0 amide bonds. The molecule has 0 aliphatic heterocycles. The predicted molar refractivity (Wildman–Crippen MR) is 75.2 cm³/mol. The smallest absolute Gasteiger partial charge is 0.254 e. The number of aromatic nitrogens is 2. The van der Waals surface area contributed by atoms with Crippen molar-refractivity contribution in [3.8, 4) is 11.4 Å². The van der Waals surface area contributed by atoms with Gasteiger partial charge in [-0.1, -0.05) is 6.07 Å². The number of hydrogen-bond donors (Lipinski definition) is 1. The fourth-order valence-electron chi connectivity index (χ4n) is 1.43. The van der Waals surface area contributed by atoms with Crippen LogP contribution >= 0.6 is 31.9 Å². The zero-order valence-electron chi connectivity index (χ0n) is 9.34. The lowest BCUT2D eigenvalue weighted by molar-refractivity contribution is 1.03. The first-order valence-corrected chi connectivity index (χ1v) is 6.60. The Morgan fingerprint density at radius 1 is 1.18 bits per heavy atom. The molecule has 0 saturated heterocycles. The van der Waals surface area contributed by atoms with Crippen LogP contribution in [0.1, 0.15) is 11.3 Å². The molecule has 2 aromatic rings. The molecule has 0 saturated carbocycles. The van der Waals surface area contributed by atoms with Crippen LogP contribution in [0.4, 0.5) is 0 Å². The molecule has 0 fully saturated rings. The Hall–Kier alpha value is -0.940. The molecule has 1 aromatic heterocycles. The first kappa shape index (κ1) is 12.5. The van der Waals surface area contributed by atoms with Crippen LogP contribution in [0.2, 0.25) is 0 Å². The van der Waals surface area contributed by atoms with Gasteiger partial charge in [0, 0.05) is 25.8 Å². The van der Waals surface area contributed by atoms with Gasteiger partial charge in [0.2, 0.25) is 0 Å². The van der Waals surface area contributed by atoms with E-state index in [9.17, 15) is 4.79 Å². The fraction of sp³-hybridized carbons (Fsp3) is 0.167. The quantitative estimate of drug-likeness (QED) is 0.847. The van der Waals surface area contributed by atoms with Crippen molar-refractivity contribution in [2.45, 2.75) is 13.8 Å². The van der Waals surface area contributed by atoms with E-state index >= 15 is 0 Å². The van der Waals surface area contributed by atoms with Gasteiger partial charge in [-0.2, -0.15) is 0 Å². The monoisotopic (exact) mass is 356 g/mol. The molecule has 3 nitrogen and oxygen atoms in total. The second-order valence-corrected chi connectivity index (χ2v) is 5.46. The minimum atomic E-state index is -0.0912. The number of aryl methyl sites for hydroxylation is 1. The van der Waals surface area contributed by atoms with Gasteiger partial charge in [-0.15, -0.1) is 0 Å². The number of benzene rings is 1. The lowest BCUT2D eigenvalue weighted by Crippen LogP contribution is -2.14. The van der Waals surface area contributed by atoms with Crippen LogP contribution in [0.25, 0.3) is 11.4 Å². The molecule has 5 heteroatoms. The van der Waals surface area contributed by atoms with E-state index < -0.39 is 0 Å². The molecule has 88 valence electrons. The number of halogens is 2. The standard InChI is InChI=1S/C12H10Br2N2O/c1-6-7(2)15-11(16-12(6)17)8-3-4-9(13)10(14)5-8/h3-5H,1-2H3,(H,15,16,17). The molecule has 0 unspecified atom stereocenters. The number of rotatable bonds is 1. The Kier molecular flexibility index (Phi) is 3.49. The number of nitrogens with one attached hydrogen (secondary N) is 1. The summed E-state index contributed by atoms with van der Waals surface area (Å²) in [5, 5.41) is 0. The SMILES string of the molecule is Cc1nc(-c2ccc(Br)c(Br)c2)[nH]c(=O)c1C. The molecule has 0 radical (unpaired) electrons. The van der Waals surface area contributed by atoms with Crippen LogP contribution in [0.15, 0.2) is 31.9 Å². The first-order valence-electron chi connectivity index (χ1n) is 5.02. The average Bonchev–Trinajstić information content (AvgIpc) is 2.29. The molecule has 1 aromatic carbocycles. The molecule has 2 rings (SSSR count). The van der Waals surface area contributed by atoms with E-state index in [1.807, 2.05) is 25.1 Å². The maximum atomic E-state index is 11.7. The van der Waals surface area contributed by atoms with E-state index in [1.54, 1.807) is 6.92 Å². The molecule has 0 spiro atoms. The molecule has 0 aliphatic carbocycles. The number of aromatic amines is 1. The van der Waals surface area contributed by atoms with Crippen molar-refractivity contribution in [2.75, 3.05) is 0 Å². The molecule has 0 atom stereocenters. The zero-order chi connectivity index (χ0) is 12.6. The Morgan fingerprint density at radius 2 is 1.88 bits per heavy atom. The molecule has 17 heavy (non-hydrogen) atoms. The lowest BCUT2D eigenvalue weighted by Gasteiger charge is -2.05. The Balaban J connectivity index is 2.61. The maximum absolute atomic E-state index is 11.7. The molecule has 0 bridgehead atoms. The van der Waals surface area contributed by atoms with Crippen LogP contribution in [0.5, 0.6) is 0 Å². The van der Waals surface area contributed by atoms with Gasteiger partial charge in [0.25, 0.3) is 5.56 Å². The Morgan fingerprint density at radius 3 is 2.47 bits per heavy atom. The van der Waals surface area contributed by atoms with Crippen molar-refractivity contribution in [3.05, 3.63) is 48.8 Å². The highest BCUT2D eigenvalue weighted by Gasteiger charge is 2.07. The van der Waals surface area contributed by atoms with E-state index in [4.69, 9.17) is 0 Å². The lowest BCUT2D eigenvalue weighted by atomic mass is 10.2. The largest absolute Gasteiger partial charge is 0.306 e. The predicted octanol–water partition coefficient (Wildman–Crippen LogP) is 3.58. The molecule has 0 aliphatic rings. The summed E-state index contributed by atoms with van der Waals surface area (Å²) in [5.41, 5.74) is 2.19. The van der Waals surface area contributed by atoms with E-state index in [-0.39, 0.29) is 5.56 Å². The second kappa shape index (κ2) is 4.74. The van der Waals surface area contributed by atoms with Gasteiger partial charge in [0.05, 0.1) is 0 Å². The Bertz CT molecular complexity index is 635. The normalized spacial score (nSPS) is 10.6. The third kappa shape index (κ3) is 2.50. The molecule has 1 N–H and O–H groups in total. The number of H-pyrrole nitrogens is 1. The highest BCUT2D eigenvalue weighted by Crippen LogP contribution is 2.27. The van der Waals surface area contributed by atoms with Crippen LogP contribution < -0.4 is 5.56 Å². The van der Waals surface area contributed by atoms with Crippen molar-refractivity contribution in [3.63, 3.8) is 0 Å². The zero-order valence-corrected chi connectivity index (χ0v) is 12.5. The number of hydrogen-bond acceptors (Lipinski definition) is 2. The minimum absolute atomic E-state index is 0.0912. The summed E-state index contributed by atoms with van der Waals surface area (Å²) in [7, 11) is 0. The van der Waals surface area contributed by atoms with Crippen LogP contribution in [-0.4, -0.2) is 9.97 Å². The van der Waals surface area contributed by atoms with E-state index in [1.165, 1.54) is 0 Å². The van der Waals surface area contributed by atoms with E-state index in [0.29, 0.717) is 11.4 Å². The van der Waals surface area contributed by atoms with Gasteiger partial charge in [-0.05, 0) is 57.8 Å². The maximum Gasteiger partial charge on any atom is 0.254 e. The topological polar surface area (TPSA) is 45.8 Å². The summed E-state index contributed by atoms with van der Waals surface area (Å²) in [5.74, 6) is 0.589. The summed E-state index contributed by atoms with van der Waals surface area (Å²) in [6.45, 7) is 3.60. The van der Waals surface area contributed by atoms with Gasteiger partial charge in [-0.3, -0.25) is 4.79 Å². The van der Waals surface area contributed by atoms with Crippen LogP contribution in [-0.2, 0) is 0 Å². The Labute approximate surface area is 116 Å². The third-order valence-corrected chi connectivity index (χ3v) is 4.47. The minimum Gasteiger partial charge on any atom is -0.306 e. The van der Waals surface area contributed by atoms with Gasteiger partial charge >= 0.3 is 0 Å². The van der Waals surface area contributed by atoms with Crippen LogP contribution in [0, 0.1) is 13.8 Å². The van der Waals surface area contributed by atoms with Crippen molar-refractivity contribution in [1.82, 2.24) is 9.97 Å². The van der Waals surface area contributed by atoms with Crippen LogP contribution in [0.3, 0.4) is 0 Å². The summed E-state index contributed by atoms with van der Waals surface area (Å²) in [6, 6.07) is 5.73. The van der Waals surface area contributed by atoms with Crippen molar-refractivity contribution >= 4 is 31.9 Å². The van der Waals surface area contributed by atoms with E-state index in [2.05, 4.69) is 41.8 Å². The van der Waals surface area contributed by atoms with Gasteiger partial charge < -0.3 is 4.98 Å². The molecule has 1 heterocycles. The average molecular weight is 358 g/mol. The van der Waals surface area contributed by atoms with Crippen molar-refractivity contribution in [1.29, 1.82) is 0 Å². The third-order valence-electron chi connectivity index (χ3n) is 2.59. The highest BCUT2D eigenvalue weighted by molar-refractivity contribution is 9.13. The molecular formula is C12H10Br2N2O. The first-order chi connectivity index (χ1) is 7.99. The highest BCUT2D eigenvalue weighted by atomic mass is 79.9. The summed E-state index contributed by atoms with van der Waals surface area (Å²) in [4.78, 5) is 18.8. The van der Waals surface area contributed by atoms with Gasteiger partial charge in [0.15, 0.2) is 0 Å². The summed E-state index contributed by atoms with van der Waals surface area (Å²) in [6.07, 6.45) is 0. The number of nitrogens with zero attached hydrogens (tertiary/aromatic N) is 1. The van der Waals surface area contributed by atoms with Crippen molar-refractivity contribution in [2.24, 2.45) is 0 Å². The van der Waals surface area contributed by atoms with Gasteiger partial charge in [0.1, 0.15) is 5.82 Å². The second-order valence-electron chi connectivity index (χ2n) is 3.75. The fourth-order valence-corrected chi connectivity index (χ4v) is 2.05. The van der Waals surface area contributed by atoms with Gasteiger partial charge in [-0.25, -0.2) is 4.98 Å². The van der Waals surface area contributed by atoms with E-state index in [0.717, 1.165) is 20.2 Å².